The predicted octanol–water partition coefficient (Wildman–Crippen LogP) is 3.43. The van der Waals surface area contributed by atoms with Crippen LogP contribution in [0.15, 0.2) is 30.5 Å². The van der Waals surface area contributed by atoms with Crippen molar-refractivity contribution in [3.63, 3.8) is 0 Å². The Labute approximate surface area is 102 Å². The topological polar surface area (TPSA) is 30.9 Å². The van der Waals surface area contributed by atoms with Crippen LogP contribution in [-0.2, 0) is 0 Å². The molecule has 90 valence electrons. The Balaban J connectivity index is 2.15. The monoisotopic (exact) mass is 228 g/mol. The summed E-state index contributed by atoms with van der Waals surface area (Å²) in [5.41, 5.74) is 8.61. The number of para-hydroxylation sites is 1. The van der Waals surface area contributed by atoms with Gasteiger partial charge in [-0.15, -0.1) is 0 Å². The standard InChI is InChI=1S/C15H20N2/c1-11(9-16)14-10-17(12-5-4-6-12)15-8-3-2-7-13(14)15/h2-3,7-8,10-12H,4-6,9,16H2,1H3. The van der Waals surface area contributed by atoms with Crippen molar-refractivity contribution in [1.82, 2.24) is 4.57 Å². The van der Waals surface area contributed by atoms with Crippen molar-refractivity contribution < 1.29 is 0 Å². The second-order valence-corrected chi connectivity index (χ2v) is 5.23. The average molecular weight is 228 g/mol. The third-order valence-electron chi connectivity index (χ3n) is 4.12. The molecule has 1 heterocycles. The first-order chi connectivity index (χ1) is 8.31. The van der Waals surface area contributed by atoms with Crippen LogP contribution in [0.25, 0.3) is 10.9 Å². The highest BCUT2D eigenvalue weighted by atomic mass is 15.0. The lowest BCUT2D eigenvalue weighted by atomic mass is 9.93. The molecule has 3 rings (SSSR count). The molecule has 0 aliphatic heterocycles. The minimum absolute atomic E-state index is 0.446. The molecule has 1 saturated carbocycles. The summed E-state index contributed by atoms with van der Waals surface area (Å²) in [6.45, 7) is 2.94. The van der Waals surface area contributed by atoms with Gasteiger partial charge in [-0.25, -0.2) is 0 Å². The largest absolute Gasteiger partial charge is 0.344 e. The Morgan fingerprint density at radius 1 is 1.35 bits per heavy atom. The highest BCUT2D eigenvalue weighted by Crippen LogP contribution is 2.37. The van der Waals surface area contributed by atoms with Gasteiger partial charge in [-0.3, -0.25) is 0 Å². The van der Waals surface area contributed by atoms with Crippen molar-refractivity contribution in [3.05, 3.63) is 36.0 Å². The molecule has 0 spiro atoms. The van der Waals surface area contributed by atoms with Crippen molar-refractivity contribution in [2.45, 2.75) is 38.1 Å². The van der Waals surface area contributed by atoms with Crippen LogP contribution in [0.5, 0.6) is 0 Å². The predicted molar refractivity (Wildman–Crippen MR) is 72.3 cm³/mol. The van der Waals surface area contributed by atoms with Gasteiger partial charge in [0.05, 0.1) is 0 Å². The number of fused-ring (bicyclic) bond motifs is 1. The summed E-state index contributed by atoms with van der Waals surface area (Å²) in [6, 6.07) is 9.44. The first-order valence-electron chi connectivity index (χ1n) is 6.61. The lowest BCUT2D eigenvalue weighted by Gasteiger charge is -2.28. The molecule has 1 unspecified atom stereocenters. The molecule has 0 bridgehead atoms. The minimum atomic E-state index is 0.446. The number of nitrogens with zero attached hydrogens (tertiary/aromatic N) is 1. The maximum absolute atomic E-state index is 5.82. The summed E-state index contributed by atoms with van der Waals surface area (Å²) >= 11 is 0. The number of hydrogen-bond donors (Lipinski definition) is 1. The normalized spacial score (nSPS) is 18.2. The maximum atomic E-state index is 5.82. The van der Waals surface area contributed by atoms with Gasteiger partial charge in [0.15, 0.2) is 0 Å². The summed E-state index contributed by atoms with van der Waals surface area (Å²) in [4.78, 5) is 0. The average Bonchev–Trinajstić information content (AvgIpc) is 2.66. The van der Waals surface area contributed by atoms with Crippen molar-refractivity contribution in [2.24, 2.45) is 5.73 Å². The summed E-state index contributed by atoms with van der Waals surface area (Å²) in [5, 5.41) is 1.39. The van der Waals surface area contributed by atoms with Crippen molar-refractivity contribution in [2.75, 3.05) is 6.54 Å². The van der Waals surface area contributed by atoms with E-state index in [1.807, 2.05) is 0 Å². The zero-order chi connectivity index (χ0) is 11.8. The molecule has 1 aliphatic rings. The van der Waals surface area contributed by atoms with Crippen molar-refractivity contribution in [3.8, 4) is 0 Å². The maximum Gasteiger partial charge on any atom is 0.0485 e. The molecule has 2 heteroatoms. The fraction of sp³-hybridized carbons (Fsp3) is 0.467. The molecule has 2 N–H and O–H groups in total. The Bertz CT molecular complexity index is 484. The van der Waals surface area contributed by atoms with E-state index in [0.29, 0.717) is 5.92 Å². The van der Waals surface area contributed by atoms with Crippen molar-refractivity contribution >= 4 is 10.9 Å². The first-order valence-corrected chi connectivity index (χ1v) is 6.61. The van der Waals surface area contributed by atoms with Gasteiger partial charge in [-0.1, -0.05) is 25.1 Å². The van der Waals surface area contributed by atoms with Crippen LogP contribution >= 0.6 is 0 Å². The minimum Gasteiger partial charge on any atom is -0.344 e. The van der Waals surface area contributed by atoms with E-state index in [0.717, 1.165) is 12.6 Å². The molecule has 0 radical (unpaired) electrons. The highest BCUT2D eigenvalue weighted by molar-refractivity contribution is 5.84. The van der Waals surface area contributed by atoms with Gasteiger partial charge >= 0.3 is 0 Å². The zero-order valence-electron chi connectivity index (χ0n) is 10.4. The Morgan fingerprint density at radius 3 is 2.76 bits per heavy atom. The fourth-order valence-electron chi connectivity index (χ4n) is 2.72. The van der Waals surface area contributed by atoms with E-state index >= 15 is 0 Å². The molecule has 1 atom stereocenters. The molecular weight excluding hydrogens is 208 g/mol. The van der Waals surface area contributed by atoms with E-state index in [2.05, 4.69) is 42.0 Å². The smallest absolute Gasteiger partial charge is 0.0485 e. The molecule has 17 heavy (non-hydrogen) atoms. The van der Waals surface area contributed by atoms with E-state index in [4.69, 9.17) is 5.73 Å². The van der Waals surface area contributed by atoms with E-state index in [1.54, 1.807) is 0 Å². The van der Waals surface area contributed by atoms with Gasteiger partial charge in [0.1, 0.15) is 0 Å². The van der Waals surface area contributed by atoms with Gasteiger partial charge in [-0.05, 0) is 43.4 Å². The SMILES string of the molecule is CC(CN)c1cn(C2CCC2)c2ccccc12. The van der Waals surface area contributed by atoms with Gasteiger partial charge in [-0.2, -0.15) is 0 Å². The van der Waals surface area contributed by atoms with Gasteiger partial charge in [0, 0.05) is 23.1 Å². The third kappa shape index (κ3) is 1.67. The van der Waals surface area contributed by atoms with Crippen LogP contribution in [0.4, 0.5) is 0 Å². The van der Waals surface area contributed by atoms with E-state index in [1.165, 1.54) is 35.7 Å². The molecule has 2 nitrogen and oxygen atoms in total. The lowest BCUT2D eigenvalue weighted by Crippen LogP contribution is -2.16. The van der Waals surface area contributed by atoms with Gasteiger partial charge in [0.2, 0.25) is 0 Å². The molecule has 0 saturated heterocycles. The second kappa shape index (κ2) is 4.19. The number of nitrogens with two attached hydrogens (primary N) is 1. The second-order valence-electron chi connectivity index (χ2n) is 5.23. The summed E-state index contributed by atoms with van der Waals surface area (Å²) in [5.74, 6) is 0.446. The summed E-state index contributed by atoms with van der Waals surface area (Å²) < 4.78 is 2.47. The lowest BCUT2D eigenvalue weighted by molar-refractivity contribution is 0.321. The van der Waals surface area contributed by atoms with Gasteiger partial charge in [0.25, 0.3) is 0 Å². The van der Waals surface area contributed by atoms with Crippen LogP contribution in [0.1, 0.15) is 43.7 Å². The Kier molecular flexibility index (Phi) is 2.67. The number of benzene rings is 1. The third-order valence-corrected chi connectivity index (χ3v) is 4.12. The summed E-state index contributed by atoms with van der Waals surface area (Å²) in [6.07, 6.45) is 6.37. The van der Waals surface area contributed by atoms with Crippen LogP contribution in [0.2, 0.25) is 0 Å². The van der Waals surface area contributed by atoms with Crippen LogP contribution < -0.4 is 5.73 Å². The fourth-order valence-corrected chi connectivity index (χ4v) is 2.72. The van der Waals surface area contributed by atoms with Crippen LogP contribution in [0, 0.1) is 0 Å². The van der Waals surface area contributed by atoms with Crippen LogP contribution in [0.3, 0.4) is 0 Å². The number of hydrogen-bond acceptors (Lipinski definition) is 1. The van der Waals surface area contributed by atoms with E-state index in [9.17, 15) is 0 Å². The summed E-state index contributed by atoms with van der Waals surface area (Å²) in [7, 11) is 0. The molecular formula is C15H20N2. The molecule has 1 aliphatic carbocycles. The van der Waals surface area contributed by atoms with Crippen molar-refractivity contribution in [1.29, 1.82) is 0 Å². The quantitative estimate of drug-likeness (QED) is 0.857. The van der Waals surface area contributed by atoms with Crippen LogP contribution in [-0.4, -0.2) is 11.1 Å². The Morgan fingerprint density at radius 2 is 2.12 bits per heavy atom. The number of aromatic nitrogens is 1. The number of rotatable bonds is 3. The molecule has 1 fully saturated rings. The first kappa shape index (κ1) is 10.8. The molecule has 1 aromatic heterocycles. The highest BCUT2D eigenvalue weighted by Gasteiger charge is 2.22. The van der Waals surface area contributed by atoms with E-state index < -0.39 is 0 Å². The Hall–Kier alpha value is -1.28. The molecule has 2 aromatic rings. The van der Waals surface area contributed by atoms with E-state index in [-0.39, 0.29) is 0 Å². The molecule has 1 aromatic carbocycles. The van der Waals surface area contributed by atoms with Gasteiger partial charge < -0.3 is 10.3 Å². The zero-order valence-corrected chi connectivity index (χ0v) is 10.4. The molecule has 0 amide bonds.